The number of nitrogens with zero attached hydrogens (tertiary/aromatic N) is 1. The molecule has 158 valence electrons. The number of ether oxygens (including phenoxy) is 4. The molecule has 0 aliphatic heterocycles. The molecule has 0 N–H and O–H groups in total. The van der Waals surface area contributed by atoms with Gasteiger partial charge < -0.3 is 23.5 Å². The maximum atomic E-state index is 12.6. The lowest BCUT2D eigenvalue weighted by Crippen LogP contribution is -2.14. The Kier molecular flexibility index (Phi) is 5.25. The average molecular weight is 419 g/mol. The highest BCUT2D eigenvalue weighted by Crippen LogP contribution is 2.38. The molecule has 0 amide bonds. The lowest BCUT2D eigenvalue weighted by Gasteiger charge is -2.16. The number of carbonyl (C=O) groups excluding carboxylic acids is 2. The number of para-hydroxylation sites is 1. The Morgan fingerprint density at radius 3 is 1.52 bits per heavy atom. The number of carbonyl (C=O) groups is 2. The Morgan fingerprint density at radius 2 is 1.13 bits per heavy atom. The van der Waals surface area contributed by atoms with Crippen molar-refractivity contribution in [1.82, 2.24) is 4.57 Å². The van der Waals surface area contributed by atoms with Crippen LogP contribution in [0.1, 0.15) is 20.7 Å². The summed E-state index contributed by atoms with van der Waals surface area (Å²) in [5.41, 5.74) is 2.44. The van der Waals surface area contributed by atoms with Gasteiger partial charge in [0.15, 0.2) is 0 Å². The second-order valence-corrected chi connectivity index (χ2v) is 6.79. The Balaban J connectivity index is 2.20. The molecule has 0 unspecified atom stereocenters. The Labute approximate surface area is 178 Å². The molecule has 0 aliphatic rings. The standard InChI is InChI=1S/C24H21NO6/c1-28-14-8-10-20-18(12-14)19-13-15(29-2)9-11-21(19)25(20)22-16(23(26)30-3)6-5-7-17(22)24(27)31-4/h5-13H,1-4H3. The number of fused-ring (bicyclic) bond motifs is 3. The molecule has 1 heterocycles. The van der Waals surface area contributed by atoms with Gasteiger partial charge in [-0.2, -0.15) is 0 Å². The van der Waals surface area contributed by atoms with Gasteiger partial charge in [0.1, 0.15) is 11.5 Å². The highest BCUT2D eigenvalue weighted by atomic mass is 16.5. The summed E-state index contributed by atoms with van der Waals surface area (Å²) in [7, 11) is 5.81. The molecule has 0 bridgehead atoms. The summed E-state index contributed by atoms with van der Waals surface area (Å²) in [6, 6.07) is 16.1. The summed E-state index contributed by atoms with van der Waals surface area (Å²) in [5.74, 6) is 0.253. The Bertz CT molecular complexity index is 1230. The summed E-state index contributed by atoms with van der Waals surface area (Å²) in [6.45, 7) is 0. The molecule has 0 saturated carbocycles. The van der Waals surface area contributed by atoms with Crippen LogP contribution in [0.25, 0.3) is 27.5 Å². The molecule has 7 nitrogen and oxygen atoms in total. The van der Waals surface area contributed by atoms with Gasteiger partial charge in [-0.1, -0.05) is 6.07 Å². The van der Waals surface area contributed by atoms with Crippen molar-refractivity contribution in [2.75, 3.05) is 28.4 Å². The van der Waals surface area contributed by atoms with Gasteiger partial charge in [0.2, 0.25) is 0 Å². The predicted octanol–water partition coefficient (Wildman–Crippen LogP) is 4.37. The normalized spacial score (nSPS) is 10.8. The highest BCUT2D eigenvalue weighted by molar-refractivity contribution is 6.12. The molecule has 0 saturated heterocycles. The van der Waals surface area contributed by atoms with E-state index in [-0.39, 0.29) is 11.1 Å². The molecule has 31 heavy (non-hydrogen) atoms. The molecule has 7 heteroatoms. The first-order valence-corrected chi connectivity index (χ1v) is 9.50. The van der Waals surface area contributed by atoms with E-state index in [4.69, 9.17) is 18.9 Å². The minimum absolute atomic E-state index is 0.246. The van der Waals surface area contributed by atoms with E-state index in [1.807, 2.05) is 41.0 Å². The van der Waals surface area contributed by atoms with Gasteiger partial charge >= 0.3 is 11.9 Å². The van der Waals surface area contributed by atoms with Gasteiger partial charge in [-0.3, -0.25) is 0 Å². The van der Waals surface area contributed by atoms with Crippen LogP contribution in [0.5, 0.6) is 11.5 Å². The summed E-state index contributed by atoms with van der Waals surface area (Å²) in [6.07, 6.45) is 0. The van der Waals surface area contributed by atoms with Crippen LogP contribution in [0.15, 0.2) is 54.6 Å². The molecule has 4 rings (SSSR count). The molecule has 0 spiro atoms. The predicted molar refractivity (Wildman–Crippen MR) is 117 cm³/mol. The van der Waals surface area contributed by atoms with Crippen molar-refractivity contribution in [3.05, 3.63) is 65.7 Å². The van der Waals surface area contributed by atoms with Crippen LogP contribution in [0.2, 0.25) is 0 Å². The van der Waals surface area contributed by atoms with E-state index < -0.39 is 11.9 Å². The van der Waals surface area contributed by atoms with Gasteiger partial charge in [-0.15, -0.1) is 0 Å². The average Bonchev–Trinajstić information content (AvgIpc) is 3.14. The summed E-state index contributed by atoms with van der Waals surface area (Å²) in [4.78, 5) is 25.3. The monoisotopic (exact) mass is 419 g/mol. The fourth-order valence-corrected chi connectivity index (χ4v) is 3.81. The van der Waals surface area contributed by atoms with Gasteiger partial charge in [0, 0.05) is 10.8 Å². The maximum absolute atomic E-state index is 12.6. The van der Waals surface area contributed by atoms with E-state index in [0.717, 1.165) is 21.8 Å². The van der Waals surface area contributed by atoms with Crippen LogP contribution in [-0.4, -0.2) is 44.9 Å². The van der Waals surface area contributed by atoms with E-state index in [0.29, 0.717) is 17.2 Å². The highest BCUT2D eigenvalue weighted by Gasteiger charge is 2.25. The summed E-state index contributed by atoms with van der Waals surface area (Å²) in [5, 5.41) is 1.76. The molecular weight excluding hydrogens is 398 g/mol. The van der Waals surface area contributed by atoms with Crippen LogP contribution >= 0.6 is 0 Å². The quantitative estimate of drug-likeness (QED) is 0.447. The van der Waals surface area contributed by atoms with Crippen molar-refractivity contribution in [2.24, 2.45) is 0 Å². The molecule has 0 atom stereocenters. The molecule has 0 radical (unpaired) electrons. The summed E-state index contributed by atoms with van der Waals surface area (Å²) < 4.78 is 22.7. The van der Waals surface area contributed by atoms with E-state index in [1.165, 1.54) is 14.2 Å². The van der Waals surface area contributed by atoms with E-state index in [1.54, 1.807) is 32.4 Å². The number of aromatic nitrogens is 1. The number of hydrogen-bond donors (Lipinski definition) is 0. The van der Waals surface area contributed by atoms with Gasteiger partial charge in [0.05, 0.1) is 56.3 Å². The van der Waals surface area contributed by atoms with Crippen molar-refractivity contribution in [1.29, 1.82) is 0 Å². The third kappa shape index (κ3) is 3.24. The van der Waals surface area contributed by atoms with Gasteiger partial charge in [-0.05, 0) is 48.5 Å². The SMILES string of the molecule is COC(=O)c1cccc(C(=O)OC)c1-n1c2ccc(OC)cc2c2cc(OC)ccc21. The summed E-state index contributed by atoms with van der Waals surface area (Å²) >= 11 is 0. The number of benzene rings is 3. The molecule has 0 aliphatic carbocycles. The van der Waals surface area contributed by atoms with Gasteiger partial charge in [-0.25, -0.2) is 9.59 Å². The zero-order valence-corrected chi connectivity index (χ0v) is 17.6. The molecule has 1 aromatic heterocycles. The van der Waals surface area contributed by atoms with Gasteiger partial charge in [0.25, 0.3) is 0 Å². The lowest BCUT2D eigenvalue weighted by molar-refractivity contribution is 0.0599. The number of methoxy groups -OCH3 is 4. The third-order valence-corrected chi connectivity index (χ3v) is 5.25. The molecular formula is C24H21NO6. The topological polar surface area (TPSA) is 76.0 Å². The zero-order chi connectivity index (χ0) is 22.1. The fraction of sp³-hybridized carbons (Fsp3) is 0.167. The smallest absolute Gasteiger partial charge is 0.340 e. The van der Waals surface area contributed by atoms with E-state index >= 15 is 0 Å². The molecule has 4 aromatic rings. The third-order valence-electron chi connectivity index (χ3n) is 5.25. The Morgan fingerprint density at radius 1 is 0.677 bits per heavy atom. The molecule has 3 aromatic carbocycles. The van der Waals surface area contributed by atoms with Crippen LogP contribution in [0.3, 0.4) is 0 Å². The van der Waals surface area contributed by atoms with Crippen molar-refractivity contribution in [3.8, 4) is 17.2 Å². The van der Waals surface area contributed by atoms with E-state index in [9.17, 15) is 9.59 Å². The van der Waals surface area contributed by atoms with Crippen molar-refractivity contribution < 1.29 is 28.5 Å². The fourth-order valence-electron chi connectivity index (χ4n) is 3.81. The number of hydrogen-bond acceptors (Lipinski definition) is 6. The first kappa shape index (κ1) is 20.3. The van der Waals surface area contributed by atoms with Crippen LogP contribution < -0.4 is 9.47 Å². The lowest BCUT2D eigenvalue weighted by atomic mass is 10.1. The van der Waals surface area contributed by atoms with Crippen LogP contribution in [-0.2, 0) is 9.47 Å². The minimum atomic E-state index is -0.558. The first-order chi connectivity index (χ1) is 15.0. The largest absolute Gasteiger partial charge is 0.497 e. The maximum Gasteiger partial charge on any atom is 0.340 e. The van der Waals surface area contributed by atoms with Crippen molar-refractivity contribution in [3.63, 3.8) is 0 Å². The van der Waals surface area contributed by atoms with Crippen LogP contribution in [0, 0.1) is 0 Å². The first-order valence-electron chi connectivity index (χ1n) is 9.50. The second kappa shape index (κ2) is 8.02. The number of esters is 2. The second-order valence-electron chi connectivity index (χ2n) is 6.79. The van der Waals surface area contributed by atoms with E-state index in [2.05, 4.69) is 0 Å². The Hall–Kier alpha value is -4.00. The number of rotatable bonds is 5. The minimum Gasteiger partial charge on any atom is -0.497 e. The van der Waals surface area contributed by atoms with Crippen LogP contribution in [0.4, 0.5) is 0 Å². The molecule has 0 fully saturated rings. The van der Waals surface area contributed by atoms with Crippen molar-refractivity contribution >= 4 is 33.7 Å². The van der Waals surface area contributed by atoms with Crippen molar-refractivity contribution in [2.45, 2.75) is 0 Å². The zero-order valence-electron chi connectivity index (χ0n) is 17.6.